The zero-order chi connectivity index (χ0) is 15.0. The Bertz CT molecular complexity index is 581. The summed E-state index contributed by atoms with van der Waals surface area (Å²) >= 11 is 3.19. The van der Waals surface area contributed by atoms with Crippen molar-refractivity contribution >= 4 is 33.3 Å². The minimum absolute atomic E-state index is 0.0540. The van der Waals surface area contributed by atoms with Crippen LogP contribution in [0.15, 0.2) is 18.2 Å². The van der Waals surface area contributed by atoms with E-state index in [2.05, 4.69) is 15.9 Å². The second-order valence-electron chi connectivity index (χ2n) is 5.66. The van der Waals surface area contributed by atoms with Gasteiger partial charge in [-0.05, 0) is 49.9 Å². The topological polar surface area (TPSA) is 46.6 Å². The normalized spacial score (nSPS) is 24.2. The Morgan fingerprint density at radius 3 is 2.90 bits per heavy atom. The lowest BCUT2D eigenvalue weighted by Gasteiger charge is -2.25. The molecule has 2 heterocycles. The van der Waals surface area contributed by atoms with Crippen LogP contribution in [0.2, 0.25) is 0 Å². The van der Waals surface area contributed by atoms with Crippen molar-refractivity contribution in [3.8, 4) is 0 Å². The number of anilines is 1. The van der Waals surface area contributed by atoms with Crippen molar-refractivity contribution in [1.82, 2.24) is 0 Å². The number of carbonyl (C=O) groups is 2. The van der Waals surface area contributed by atoms with E-state index in [9.17, 15) is 9.59 Å². The summed E-state index contributed by atoms with van der Waals surface area (Å²) in [6, 6.07) is 5.72. The van der Waals surface area contributed by atoms with Gasteiger partial charge in [-0.1, -0.05) is 15.9 Å². The third-order valence-corrected chi connectivity index (χ3v) is 4.69. The molecule has 1 saturated heterocycles. The molecule has 4 nitrogen and oxygen atoms in total. The average molecular weight is 352 g/mol. The van der Waals surface area contributed by atoms with Crippen LogP contribution in [-0.2, 0) is 16.0 Å². The molecule has 0 spiro atoms. The fourth-order valence-electron chi connectivity index (χ4n) is 3.15. The zero-order valence-corrected chi connectivity index (χ0v) is 13.6. The number of amides is 1. The van der Waals surface area contributed by atoms with Gasteiger partial charge in [-0.2, -0.15) is 0 Å². The van der Waals surface area contributed by atoms with E-state index in [1.165, 1.54) is 0 Å². The predicted molar refractivity (Wildman–Crippen MR) is 84.2 cm³/mol. The molecule has 1 amide bonds. The lowest BCUT2D eigenvalue weighted by molar-refractivity contribution is -0.127. The van der Waals surface area contributed by atoms with E-state index in [-0.39, 0.29) is 23.8 Å². The van der Waals surface area contributed by atoms with Crippen LogP contribution in [0, 0.1) is 0 Å². The van der Waals surface area contributed by atoms with E-state index in [4.69, 9.17) is 4.74 Å². The molecular weight excluding hydrogens is 334 g/mol. The number of rotatable bonds is 3. The van der Waals surface area contributed by atoms with E-state index in [0.717, 1.165) is 30.5 Å². The fourth-order valence-corrected chi connectivity index (χ4v) is 3.47. The van der Waals surface area contributed by atoms with Crippen LogP contribution in [0.4, 0.5) is 5.69 Å². The molecule has 2 atom stereocenters. The number of carbonyl (C=O) groups excluding carboxylic acids is 2. The molecule has 0 N–H and O–H groups in total. The average Bonchev–Trinajstić information content (AvgIpc) is 3.11. The standard InChI is InChI=1S/C16H18BrNO3/c1-10-7-12-8-11(14(19)9-17)4-5-13(12)18(10)16(20)15-3-2-6-21-15/h4-5,8,10,15H,2-3,6-7,9H2,1H3. The van der Waals surface area contributed by atoms with Crippen molar-refractivity contribution in [1.29, 1.82) is 0 Å². The summed E-state index contributed by atoms with van der Waals surface area (Å²) in [4.78, 5) is 26.2. The van der Waals surface area contributed by atoms with Crippen molar-refractivity contribution in [2.75, 3.05) is 16.8 Å². The zero-order valence-electron chi connectivity index (χ0n) is 12.0. The highest BCUT2D eigenvalue weighted by molar-refractivity contribution is 9.09. The van der Waals surface area contributed by atoms with E-state index in [0.29, 0.717) is 17.5 Å². The molecule has 0 aliphatic carbocycles. The molecule has 2 unspecified atom stereocenters. The smallest absolute Gasteiger partial charge is 0.256 e. The van der Waals surface area contributed by atoms with E-state index < -0.39 is 0 Å². The van der Waals surface area contributed by atoms with Gasteiger partial charge in [0.05, 0.1) is 5.33 Å². The van der Waals surface area contributed by atoms with Crippen molar-refractivity contribution in [2.24, 2.45) is 0 Å². The maximum absolute atomic E-state index is 12.6. The molecule has 5 heteroatoms. The minimum Gasteiger partial charge on any atom is -0.368 e. The van der Waals surface area contributed by atoms with E-state index >= 15 is 0 Å². The number of ether oxygens (including phenoxy) is 1. The van der Waals surface area contributed by atoms with Crippen molar-refractivity contribution in [3.63, 3.8) is 0 Å². The highest BCUT2D eigenvalue weighted by Gasteiger charge is 2.36. The molecule has 1 fully saturated rings. The van der Waals surface area contributed by atoms with Crippen LogP contribution < -0.4 is 4.90 Å². The van der Waals surface area contributed by atoms with E-state index in [1.807, 2.05) is 24.0 Å². The van der Waals surface area contributed by atoms with Gasteiger partial charge in [-0.3, -0.25) is 9.59 Å². The Kier molecular flexibility index (Phi) is 4.13. The first-order valence-corrected chi connectivity index (χ1v) is 8.40. The SMILES string of the molecule is CC1Cc2cc(C(=O)CBr)ccc2N1C(=O)C1CCCO1. The number of fused-ring (bicyclic) bond motifs is 1. The summed E-state index contributed by atoms with van der Waals surface area (Å²) in [5.41, 5.74) is 2.69. The number of ketones is 1. The molecule has 1 aromatic rings. The van der Waals surface area contributed by atoms with Gasteiger partial charge < -0.3 is 9.64 Å². The number of Topliss-reactive ketones (excluding diaryl/α,β-unsaturated/α-hetero) is 1. The van der Waals surface area contributed by atoms with Gasteiger partial charge in [-0.25, -0.2) is 0 Å². The van der Waals surface area contributed by atoms with Gasteiger partial charge in [0.25, 0.3) is 5.91 Å². The van der Waals surface area contributed by atoms with E-state index in [1.54, 1.807) is 6.07 Å². The Hall–Kier alpha value is -1.20. The molecular formula is C16H18BrNO3. The fraction of sp³-hybridized carbons (Fsp3) is 0.500. The van der Waals surface area contributed by atoms with Gasteiger partial charge in [0.1, 0.15) is 6.10 Å². The molecule has 2 aliphatic rings. The highest BCUT2D eigenvalue weighted by Crippen LogP contribution is 2.34. The molecule has 0 bridgehead atoms. The lowest BCUT2D eigenvalue weighted by atomic mass is 10.0. The number of alkyl halides is 1. The first-order chi connectivity index (χ1) is 10.1. The molecule has 0 radical (unpaired) electrons. The quantitative estimate of drug-likeness (QED) is 0.621. The second-order valence-corrected chi connectivity index (χ2v) is 6.22. The number of nitrogens with zero attached hydrogens (tertiary/aromatic N) is 1. The summed E-state index contributed by atoms with van der Waals surface area (Å²) in [5, 5.41) is 0.319. The molecule has 0 aromatic heterocycles. The second kappa shape index (κ2) is 5.89. The number of hydrogen-bond donors (Lipinski definition) is 0. The summed E-state index contributed by atoms with van der Waals surface area (Å²) < 4.78 is 5.52. The van der Waals surface area contributed by atoms with Crippen molar-refractivity contribution < 1.29 is 14.3 Å². The van der Waals surface area contributed by atoms with Crippen LogP contribution in [0.25, 0.3) is 0 Å². The first-order valence-electron chi connectivity index (χ1n) is 7.28. The molecule has 21 heavy (non-hydrogen) atoms. The summed E-state index contributed by atoms with van der Waals surface area (Å²) in [5.74, 6) is 0.118. The number of halogens is 1. The highest BCUT2D eigenvalue weighted by atomic mass is 79.9. The van der Waals surface area contributed by atoms with Crippen LogP contribution >= 0.6 is 15.9 Å². The Morgan fingerprint density at radius 2 is 2.24 bits per heavy atom. The van der Waals surface area contributed by atoms with Crippen LogP contribution in [0.1, 0.15) is 35.7 Å². The molecule has 2 aliphatic heterocycles. The minimum atomic E-state index is -0.303. The van der Waals surface area contributed by atoms with Crippen LogP contribution in [0.5, 0.6) is 0 Å². The van der Waals surface area contributed by atoms with Gasteiger partial charge in [0.2, 0.25) is 0 Å². The Morgan fingerprint density at radius 1 is 1.43 bits per heavy atom. The van der Waals surface area contributed by atoms with Crippen LogP contribution in [0.3, 0.4) is 0 Å². The largest absolute Gasteiger partial charge is 0.368 e. The van der Waals surface area contributed by atoms with Gasteiger partial charge >= 0.3 is 0 Å². The lowest BCUT2D eigenvalue weighted by Crippen LogP contribution is -2.42. The predicted octanol–water partition coefficient (Wildman–Crippen LogP) is 2.72. The van der Waals surface area contributed by atoms with Gasteiger partial charge in [-0.15, -0.1) is 0 Å². The molecule has 0 saturated carbocycles. The first kappa shape index (κ1) is 14.7. The maximum atomic E-state index is 12.6. The number of hydrogen-bond acceptors (Lipinski definition) is 3. The molecule has 1 aromatic carbocycles. The van der Waals surface area contributed by atoms with Crippen molar-refractivity contribution in [3.05, 3.63) is 29.3 Å². The third kappa shape index (κ3) is 2.64. The Balaban J connectivity index is 1.89. The summed E-state index contributed by atoms with van der Waals surface area (Å²) in [7, 11) is 0. The summed E-state index contributed by atoms with van der Waals surface area (Å²) in [6.07, 6.45) is 2.24. The maximum Gasteiger partial charge on any atom is 0.256 e. The Labute approximate surface area is 132 Å². The van der Waals surface area contributed by atoms with Crippen LogP contribution in [-0.4, -0.2) is 35.8 Å². The summed E-state index contributed by atoms with van der Waals surface area (Å²) in [6.45, 7) is 2.71. The molecule has 112 valence electrons. The third-order valence-electron chi connectivity index (χ3n) is 4.18. The van der Waals surface area contributed by atoms with Gasteiger partial charge in [0.15, 0.2) is 5.78 Å². The van der Waals surface area contributed by atoms with Gasteiger partial charge in [0, 0.05) is 23.9 Å². The van der Waals surface area contributed by atoms with Crippen molar-refractivity contribution in [2.45, 2.75) is 38.3 Å². The molecule has 3 rings (SSSR count). The monoisotopic (exact) mass is 351 g/mol. The number of benzene rings is 1.